The molecule has 0 aliphatic rings. The third-order valence-electron chi connectivity index (χ3n) is 2.84. The largest absolute Gasteiger partial charge is 0.480 e. The van der Waals surface area contributed by atoms with Crippen molar-refractivity contribution in [2.75, 3.05) is 0 Å². The van der Waals surface area contributed by atoms with Crippen LogP contribution in [0.15, 0.2) is 22.6 Å². The smallest absolute Gasteiger partial charge is 0.325 e. The second-order valence-electron chi connectivity index (χ2n) is 4.21. The molecular weight excluding hydrogens is 270 g/mol. The summed E-state index contributed by atoms with van der Waals surface area (Å²) >= 11 is 5.98. The van der Waals surface area contributed by atoms with Crippen molar-refractivity contribution >= 4 is 34.4 Å². The number of amides is 1. The van der Waals surface area contributed by atoms with Gasteiger partial charge < -0.3 is 14.8 Å². The Bertz CT molecular complexity index is 662. The van der Waals surface area contributed by atoms with Crippen LogP contribution in [-0.4, -0.2) is 23.0 Å². The van der Waals surface area contributed by atoms with Gasteiger partial charge in [0.25, 0.3) is 5.91 Å². The Morgan fingerprint density at radius 2 is 2.11 bits per heavy atom. The second kappa shape index (κ2) is 4.93. The van der Waals surface area contributed by atoms with E-state index >= 15 is 0 Å². The van der Waals surface area contributed by atoms with Crippen LogP contribution in [0.1, 0.15) is 23.0 Å². The molecule has 1 unspecified atom stereocenters. The third-order valence-corrected chi connectivity index (χ3v) is 3.14. The number of rotatable bonds is 3. The number of carbonyl (C=O) groups is 2. The van der Waals surface area contributed by atoms with Crippen LogP contribution in [0, 0.1) is 6.92 Å². The molecule has 2 rings (SSSR count). The average molecular weight is 282 g/mol. The molecule has 0 radical (unpaired) electrons. The fourth-order valence-corrected chi connectivity index (χ4v) is 1.96. The Labute approximate surface area is 114 Å². The van der Waals surface area contributed by atoms with Gasteiger partial charge in [-0.25, -0.2) is 0 Å². The summed E-state index contributed by atoms with van der Waals surface area (Å²) in [5, 5.41) is 12.3. The van der Waals surface area contributed by atoms with Crippen molar-refractivity contribution in [1.82, 2.24) is 5.32 Å². The third kappa shape index (κ3) is 2.42. The van der Waals surface area contributed by atoms with Crippen LogP contribution >= 0.6 is 11.6 Å². The number of aliphatic carboxylic acids is 1. The van der Waals surface area contributed by atoms with Crippen molar-refractivity contribution in [3.8, 4) is 0 Å². The number of carboxylic acids is 1. The molecule has 19 heavy (non-hydrogen) atoms. The first-order valence-corrected chi connectivity index (χ1v) is 6.01. The van der Waals surface area contributed by atoms with Crippen LogP contribution in [0.3, 0.4) is 0 Å². The summed E-state index contributed by atoms with van der Waals surface area (Å²) in [7, 11) is 0. The topological polar surface area (TPSA) is 79.5 Å². The van der Waals surface area contributed by atoms with Crippen molar-refractivity contribution in [3.63, 3.8) is 0 Å². The fourth-order valence-electron chi connectivity index (χ4n) is 1.75. The van der Waals surface area contributed by atoms with Gasteiger partial charge in [0.05, 0.1) is 5.02 Å². The van der Waals surface area contributed by atoms with E-state index in [1.165, 1.54) is 6.92 Å². The number of hydrogen-bond donors (Lipinski definition) is 2. The molecule has 0 spiro atoms. The molecule has 0 fully saturated rings. The molecule has 1 aromatic carbocycles. The molecular formula is C13H12ClNO4. The summed E-state index contributed by atoms with van der Waals surface area (Å²) in [4.78, 5) is 22.7. The lowest BCUT2D eigenvalue weighted by Gasteiger charge is -2.07. The van der Waals surface area contributed by atoms with Crippen LogP contribution in [0.2, 0.25) is 5.02 Å². The number of para-hydroxylation sites is 1. The van der Waals surface area contributed by atoms with Crippen molar-refractivity contribution in [3.05, 3.63) is 34.5 Å². The zero-order chi connectivity index (χ0) is 14.2. The molecule has 5 nitrogen and oxygen atoms in total. The molecule has 1 amide bonds. The quantitative estimate of drug-likeness (QED) is 0.906. The minimum Gasteiger partial charge on any atom is -0.480 e. The Kier molecular flexibility index (Phi) is 3.48. The van der Waals surface area contributed by atoms with Gasteiger partial charge in [0.15, 0.2) is 11.3 Å². The minimum absolute atomic E-state index is 0.0798. The molecule has 0 aliphatic carbocycles. The number of aryl methyl sites for hydroxylation is 1. The molecule has 6 heteroatoms. The first-order chi connectivity index (χ1) is 8.91. The molecule has 1 heterocycles. The van der Waals surface area contributed by atoms with Gasteiger partial charge in [0.2, 0.25) is 0 Å². The highest BCUT2D eigenvalue weighted by Gasteiger charge is 2.22. The van der Waals surface area contributed by atoms with E-state index in [0.717, 1.165) is 5.39 Å². The number of halogens is 1. The molecule has 0 aliphatic heterocycles. The monoisotopic (exact) mass is 281 g/mol. The van der Waals surface area contributed by atoms with Gasteiger partial charge in [-0.05, 0) is 19.9 Å². The first-order valence-electron chi connectivity index (χ1n) is 5.63. The van der Waals surface area contributed by atoms with Gasteiger partial charge in [-0.2, -0.15) is 0 Å². The second-order valence-corrected chi connectivity index (χ2v) is 4.61. The van der Waals surface area contributed by atoms with Crippen LogP contribution in [0.5, 0.6) is 0 Å². The van der Waals surface area contributed by atoms with Gasteiger partial charge >= 0.3 is 5.97 Å². The number of carboxylic acid groups (broad SMARTS) is 1. The van der Waals surface area contributed by atoms with E-state index in [1.807, 2.05) is 0 Å². The van der Waals surface area contributed by atoms with Gasteiger partial charge in [-0.1, -0.05) is 23.7 Å². The van der Waals surface area contributed by atoms with Gasteiger partial charge in [0.1, 0.15) is 6.04 Å². The highest BCUT2D eigenvalue weighted by Crippen LogP contribution is 2.30. The first kappa shape index (κ1) is 13.4. The van der Waals surface area contributed by atoms with Crippen LogP contribution in [0.4, 0.5) is 0 Å². The maximum Gasteiger partial charge on any atom is 0.325 e. The minimum atomic E-state index is -1.11. The lowest BCUT2D eigenvalue weighted by atomic mass is 10.1. The number of furan rings is 1. The van der Waals surface area contributed by atoms with E-state index in [1.54, 1.807) is 25.1 Å². The normalized spacial score (nSPS) is 12.4. The van der Waals surface area contributed by atoms with Crippen molar-refractivity contribution < 1.29 is 19.1 Å². The Morgan fingerprint density at radius 1 is 1.42 bits per heavy atom. The number of benzene rings is 1. The van der Waals surface area contributed by atoms with Gasteiger partial charge in [0, 0.05) is 10.9 Å². The SMILES string of the molecule is Cc1c(C(=O)NC(C)C(=O)O)oc2c(Cl)cccc12. The van der Waals surface area contributed by atoms with Crippen LogP contribution in [-0.2, 0) is 4.79 Å². The van der Waals surface area contributed by atoms with Crippen molar-refractivity contribution in [2.24, 2.45) is 0 Å². The standard InChI is InChI=1S/C13H12ClNO4/c1-6-8-4-3-5-9(14)11(8)19-10(6)12(16)15-7(2)13(17)18/h3-5,7H,1-2H3,(H,15,16)(H,17,18). The Hall–Kier alpha value is -2.01. The summed E-state index contributed by atoms with van der Waals surface area (Å²) in [5.74, 6) is -1.60. The highest BCUT2D eigenvalue weighted by atomic mass is 35.5. The zero-order valence-corrected chi connectivity index (χ0v) is 11.1. The molecule has 2 aromatic rings. The number of carbonyl (C=O) groups excluding carboxylic acids is 1. The highest BCUT2D eigenvalue weighted by molar-refractivity contribution is 6.35. The Morgan fingerprint density at radius 3 is 2.68 bits per heavy atom. The summed E-state index contributed by atoms with van der Waals surface area (Å²) in [6.07, 6.45) is 0. The van der Waals surface area contributed by atoms with E-state index in [9.17, 15) is 9.59 Å². The van der Waals surface area contributed by atoms with E-state index in [2.05, 4.69) is 5.32 Å². The van der Waals surface area contributed by atoms with Crippen LogP contribution < -0.4 is 5.32 Å². The van der Waals surface area contributed by atoms with Crippen molar-refractivity contribution in [1.29, 1.82) is 0 Å². The number of fused-ring (bicyclic) bond motifs is 1. The fraction of sp³-hybridized carbons (Fsp3) is 0.231. The summed E-state index contributed by atoms with van der Waals surface area (Å²) < 4.78 is 5.44. The number of hydrogen-bond acceptors (Lipinski definition) is 3. The molecule has 0 bridgehead atoms. The van der Waals surface area contributed by atoms with Crippen LogP contribution in [0.25, 0.3) is 11.0 Å². The van der Waals surface area contributed by atoms with Gasteiger partial charge in [-0.15, -0.1) is 0 Å². The molecule has 0 saturated heterocycles. The van der Waals surface area contributed by atoms with Crippen molar-refractivity contribution in [2.45, 2.75) is 19.9 Å². The van der Waals surface area contributed by atoms with Gasteiger partial charge in [-0.3, -0.25) is 9.59 Å². The Balaban J connectivity index is 2.41. The van der Waals surface area contributed by atoms with E-state index in [4.69, 9.17) is 21.1 Å². The number of nitrogens with one attached hydrogen (secondary N) is 1. The summed E-state index contributed by atoms with van der Waals surface area (Å²) in [6.45, 7) is 3.10. The lowest BCUT2D eigenvalue weighted by molar-refractivity contribution is -0.138. The van der Waals surface area contributed by atoms with E-state index < -0.39 is 17.9 Å². The maximum atomic E-state index is 12.0. The molecule has 1 aromatic heterocycles. The molecule has 100 valence electrons. The van der Waals surface area contributed by atoms with E-state index in [-0.39, 0.29) is 5.76 Å². The molecule has 2 N–H and O–H groups in total. The molecule has 1 atom stereocenters. The average Bonchev–Trinajstić information content (AvgIpc) is 2.68. The van der Waals surface area contributed by atoms with E-state index in [0.29, 0.717) is 16.2 Å². The predicted octanol–water partition coefficient (Wildman–Crippen LogP) is 2.60. The zero-order valence-electron chi connectivity index (χ0n) is 10.4. The maximum absolute atomic E-state index is 12.0. The summed E-state index contributed by atoms with van der Waals surface area (Å²) in [5.41, 5.74) is 1.06. The summed E-state index contributed by atoms with van der Waals surface area (Å²) in [6, 6.07) is 4.22. The predicted molar refractivity (Wildman–Crippen MR) is 70.5 cm³/mol. The lowest BCUT2D eigenvalue weighted by Crippen LogP contribution is -2.38. The molecule has 0 saturated carbocycles.